The van der Waals surface area contributed by atoms with Gasteiger partial charge in [0, 0.05) is 77.0 Å². The third-order valence-electron chi connectivity index (χ3n) is 9.06. The van der Waals surface area contributed by atoms with Crippen LogP contribution in [-0.2, 0) is 33.4 Å². The van der Waals surface area contributed by atoms with Gasteiger partial charge in [0.1, 0.15) is 34.2 Å². The summed E-state index contributed by atoms with van der Waals surface area (Å²) in [6.07, 6.45) is 0.239. The molecule has 0 saturated carbocycles. The molecule has 0 atom stereocenters. The molecular formula is C44H65F2N5O9. The molecule has 1 aliphatic rings. The number of benzene rings is 2. The molecule has 1 amide bonds. The summed E-state index contributed by atoms with van der Waals surface area (Å²) in [4.78, 5) is 73.1. The zero-order chi connectivity index (χ0) is 44.8. The second-order valence-corrected chi connectivity index (χ2v) is 18.1. The van der Waals surface area contributed by atoms with Gasteiger partial charge in [-0.3, -0.25) is 43.6 Å². The van der Waals surface area contributed by atoms with Gasteiger partial charge >= 0.3 is 17.9 Å². The number of Topliss-reactive ketones (excluding diaryl/α,β-unsaturated/α-hetero) is 1. The van der Waals surface area contributed by atoms with Crippen molar-refractivity contribution in [2.75, 3.05) is 85.1 Å². The van der Waals surface area contributed by atoms with Gasteiger partial charge in [0.25, 0.3) is 0 Å². The third-order valence-corrected chi connectivity index (χ3v) is 9.06. The van der Waals surface area contributed by atoms with Gasteiger partial charge in [0.15, 0.2) is 5.78 Å². The number of phenolic OH excluding ortho intramolecular Hbond substituents is 1. The number of halogens is 2. The van der Waals surface area contributed by atoms with Crippen molar-refractivity contribution in [3.8, 4) is 16.9 Å². The minimum absolute atomic E-state index is 0.00627. The lowest BCUT2D eigenvalue weighted by molar-refractivity contribution is -0.158. The van der Waals surface area contributed by atoms with E-state index in [4.69, 9.17) is 14.2 Å². The van der Waals surface area contributed by atoms with Crippen LogP contribution in [0.4, 0.5) is 8.78 Å². The van der Waals surface area contributed by atoms with E-state index in [1.165, 1.54) is 24.3 Å². The van der Waals surface area contributed by atoms with Gasteiger partial charge in [-0.2, -0.15) is 0 Å². The zero-order valence-electron chi connectivity index (χ0n) is 36.8. The summed E-state index contributed by atoms with van der Waals surface area (Å²) < 4.78 is 44.7. The molecule has 16 heteroatoms. The molecule has 2 aromatic rings. The lowest BCUT2D eigenvalue weighted by Gasteiger charge is -2.34. The van der Waals surface area contributed by atoms with Crippen LogP contribution in [0, 0.1) is 11.6 Å². The Balaban J connectivity index is 1.71. The number of carbonyl (C=O) groups is 5. The molecule has 1 fully saturated rings. The molecule has 60 heavy (non-hydrogen) atoms. The molecular weight excluding hydrogens is 781 g/mol. The quantitative estimate of drug-likeness (QED) is 0.117. The van der Waals surface area contributed by atoms with Crippen LogP contribution in [-0.4, -0.2) is 156 Å². The Morgan fingerprint density at radius 2 is 1.03 bits per heavy atom. The highest BCUT2D eigenvalue weighted by Crippen LogP contribution is 2.29. The van der Waals surface area contributed by atoms with Gasteiger partial charge in [0.2, 0.25) is 5.91 Å². The van der Waals surface area contributed by atoms with Gasteiger partial charge in [0.05, 0.1) is 31.7 Å². The number of amides is 1. The fraction of sp³-hybridized carbons (Fsp3) is 0.614. The number of phenols is 1. The molecule has 3 rings (SSSR count). The Morgan fingerprint density at radius 1 is 0.617 bits per heavy atom. The fourth-order valence-electron chi connectivity index (χ4n) is 6.40. The third kappa shape index (κ3) is 19.3. The van der Waals surface area contributed by atoms with E-state index in [1.54, 1.807) is 62.3 Å². The highest BCUT2D eigenvalue weighted by Gasteiger charge is 2.26. The fourth-order valence-corrected chi connectivity index (χ4v) is 6.40. The summed E-state index contributed by atoms with van der Waals surface area (Å²) in [6, 6.07) is 7.20. The molecule has 1 aliphatic heterocycles. The first-order chi connectivity index (χ1) is 27.9. The largest absolute Gasteiger partial charge is 0.507 e. The van der Waals surface area contributed by atoms with Crippen molar-refractivity contribution in [1.29, 1.82) is 0 Å². The second-order valence-electron chi connectivity index (χ2n) is 18.1. The zero-order valence-corrected chi connectivity index (χ0v) is 36.8. The number of esters is 3. The van der Waals surface area contributed by atoms with E-state index in [9.17, 15) is 37.9 Å². The molecule has 1 saturated heterocycles. The Labute approximate surface area is 353 Å². The van der Waals surface area contributed by atoms with E-state index in [-0.39, 0.29) is 74.3 Å². The first kappa shape index (κ1) is 49.8. The molecule has 0 aliphatic carbocycles. The van der Waals surface area contributed by atoms with E-state index in [0.717, 1.165) is 12.1 Å². The number of carbonyl (C=O) groups excluding carboxylic acids is 5. The molecule has 0 spiro atoms. The minimum atomic E-state index is -0.799. The Bertz CT molecular complexity index is 1740. The first-order valence-corrected chi connectivity index (χ1v) is 20.5. The number of nitrogens with zero attached hydrogens (tertiary/aromatic N) is 4. The maximum absolute atomic E-state index is 14.4. The number of rotatable bonds is 14. The molecule has 2 aromatic carbocycles. The standard InChI is InChI=1S/C44H65F2N5O9/c1-42(2,3)58-39(55)28-49-19-17-48(18-20-50(29-40(56)59-43(4,5)6)22-24-51(23-21-49)30-41(57)60-44(7,8)9)27-38(54)47-16-10-11-36(52)34-25-31(12-15-37(34)53)33-14-13-32(45)26-35(33)46/h12-15,25-26,53H,10-11,16-24,27-30H2,1-9H3,(H,47,54). The maximum Gasteiger partial charge on any atom is 0.320 e. The SMILES string of the molecule is CC(C)(C)OC(=O)CN1CCN(CC(=O)NCCCC(=O)c2cc(-c3ccc(F)cc3F)ccc2O)CCN(CC(=O)OC(C)(C)C)CCN(CC(=O)OC(C)(C)C)CC1. The predicted octanol–water partition coefficient (Wildman–Crippen LogP) is 4.66. The van der Waals surface area contributed by atoms with Crippen LogP contribution < -0.4 is 5.32 Å². The second kappa shape index (κ2) is 22.4. The van der Waals surface area contributed by atoms with E-state index in [2.05, 4.69) is 5.32 Å². The molecule has 1 heterocycles. The van der Waals surface area contributed by atoms with E-state index < -0.39 is 46.2 Å². The maximum atomic E-state index is 14.4. The molecule has 0 radical (unpaired) electrons. The average Bonchev–Trinajstić information content (AvgIpc) is 3.09. The van der Waals surface area contributed by atoms with Crippen molar-refractivity contribution in [3.63, 3.8) is 0 Å². The van der Waals surface area contributed by atoms with Crippen LogP contribution in [0.1, 0.15) is 85.5 Å². The van der Waals surface area contributed by atoms with Crippen molar-refractivity contribution in [2.45, 2.75) is 92.0 Å². The van der Waals surface area contributed by atoms with Crippen LogP contribution in [0.5, 0.6) is 5.75 Å². The lowest BCUT2D eigenvalue weighted by Crippen LogP contribution is -2.50. The van der Waals surface area contributed by atoms with Crippen LogP contribution in [0.3, 0.4) is 0 Å². The van der Waals surface area contributed by atoms with Crippen LogP contribution >= 0.6 is 0 Å². The summed E-state index contributed by atoms with van der Waals surface area (Å²) in [6.45, 7) is 19.5. The van der Waals surface area contributed by atoms with Gasteiger partial charge in [-0.05, 0) is 98.6 Å². The highest BCUT2D eigenvalue weighted by atomic mass is 19.1. The van der Waals surface area contributed by atoms with Gasteiger partial charge < -0.3 is 24.6 Å². The van der Waals surface area contributed by atoms with Gasteiger partial charge in [-0.25, -0.2) is 8.78 Å². The van der Waals surface area contributed by atoms with E-state index >= 15 is 0 Å². The summed E-state index contributed by atoms with van der Waals surface area (Å²) >= 11 is 0. The number of aromatic hydroxyl groups is 1. The van der Waals surface area contributed by atoms with E-state index in [1.807, 2.05) is 19.6 Å². The van der Waals surface area contributed by atoms with Gasteiger partial charge in [-0.1, -0.05) is 6.07 Å². The number of hydrogen-bond donors (Lipinski definition) is 2. The van der Waals surface area contributed by atoms with Crippen molar-refractivity contribution < 1.29 is 52.1 Å². The van der Waals surface area contributed by atoms with Crippen LogP contribution in [0.25, 0.3) is 11.1 Å². The minimum Gasteiger partial charge on any atom is -0.507 e. The Morgan fingerprint density at radius 3 is 1.43 bits per heavy atom. The molecule has 2 N–H and O–H groups in total. The van der Waals surface area contributed by atoms with Crippen molar-refractivity contribution in [1.82, 2.24) is 24.9 Å². The highest BCUT2D eigenvalue weighted by molar-refractivity contribution is 5.99. The summed E-state index contributed by atoms with van der Waals surface area (Å²) in [5, 5.41) is 13.3. The topological polar surface area (TPSA) is 158 Å². The van der Waals surface area contributed by atoms with Crippen LogP contribution in [0.2, 0.25) is 0 Å². The number of ketones is 1. The number of ether oxygens (including phenoxy) is 3. The number of hydrogen-bond acceptors (Lipinski definition) is 13. The molecule has 0 bridgehead atoms. The lowest BCUT2D eigenvalue weighted by atomic mass is 9.98. The number of nitrogens with one attached hydrogen (secondary N) is 1. The molecule has 14 nitrogen and oxygen atoms in total. The molecule has 334 valence electrons. The normalized spacial score (nSPS) is 16.0. The smallest absolute Gasteiger partial charge is 0.320 e. The molecule has 0 unspecified atom stereocenters. The van der Waals surface area contributed by atoms with E-state index in [0.29, 0.717) is 57.9 Å². The Hall–Kier alpha value is -4.51. The molecule has 0 aromatic heterocycles. The first-order valence-electron chi connectivity index (χ1n) is 20.5. The van der Waals surface area contributed by atoms with Crippen molar-refractivity contribution in [3.05, 3.63) is 53.6 Å². The van der Waals surface area contributed by atoms with Crippen LogP contribution in [0.15, 0.2) is 36.4 Å². The average molecular weight is 846 g/mol. The van der Waals surface area contributed by atoms with Crippen molar-refractivity contribution in [2.24, 2.45) is 0 Å². The predicted molar refractivity (Wildman–Crippen MR) is 223 cm³/mol. The Kier molecular flexibility index (Phi) is 18.6. The summed E-state index contributed by atoms with van der Waals surface area (Å²) in [7, 11) is 0. The summed E-state index contributed by atoms with van der Waals surface area (Å²) in [5.41, 5.74) is -1.67. The van der Waals surface area contributed by atoms with Crippen molar-refractivity contribution >= 4 is 29.6 Å². The monoisotopic (exact) mass is 845 g/mol. The van der Waals surface area contributed by atoms with Gasteiger partial charge in [-0.15, -0.1) is 0 Å². The summed E-state index contributed by atoms with van der Waals surface area (Å²) in [5.74, 6) is -3.71.